The summed E-state index contributed by atoms with van der Waals surface area (Å²) in [5.74, 6) is -0.883. The van der Waals surface area contributed by atoms with Gasteiger partial charge in [-0.05, 0) is 81.8 Å². The summed E-state index contributed by atoms with van der Waals surface area (Å²) in [5, 5.41) is 15.1. The van der Waals surface area contributed by atoms with Crippen LogP contribution in [-0.2, 0) is 25.3 Å². The normalized spacial score (nSPS) is 16.2. The summed E-state index contributed by atoms with van der Waals surface area (Å²) >= 11 is 6.06. The van der Waals surface area contributed by atoms with Crippen LogP contribution in [-0.4, -0.2) is 59.7 Å². The molecule has 7 nitrogen and oxygen atoms in total. The standard InChI is InChI=1S/C36H46ClN3O4/c1-34(2,3)44-32(41)25-31(38)33(42)39-26-35(27-11-6-4-7-12-27,28-13-8-5-9-14-28)19-10-22-40-23-20-36(43,21-24-40)29-15-17-30(37)18-16-29/h4-9,11-18,31,43H,10,19-26,38H2,1-3H3,(H,39,42). The van der Waals surface area contributed by atoms with Gasteiger partial charge in [0, 0.05) is 30.1 Å². The minimum Gasteiger partial charge on any atom is -0.460 e. The number of hydrogen-bond donors (Lipinski definition) is 3. The van der Waals surface area contributed by atoms with Gasteiger partial charge < -0.3 is 25.8 Å². The van der Waals surface area contributed by atoms with Gasteiger partial charge in [-0.25, -0.2) is 0 Å². The van der Waals surface area contributed by atoms with Gasteiger partial charge in [0.05, 0.1) is 18.1 Å². The maximum absolute atomic E-state index is 13.2. The van der Waals surface area contributed by atoms with Crippen molar-refractivity contribution in [3.63, 3.8) is 0 Å². The van der Waals surface area contributed by atoms with Crippen molar-refractivity contribution in [2.24, 2.45) is 5.73 Å². The third-order valence-corrected chi connectivity index (χ3v) is 8.76. The van der Waals surface area contributed by atoms with Crippen molar-refractivity contribution >= 4 is 23.5 Å². The van der Waals surface area contributed by atoms with Crippen molar-refractivity contribution in [3.05, 3.63) is 107 Å². The molecule has 4 rings (SSSR count). The Morgan fingerprint density at radius 2 is 1.50 bits per heavy atom. The number of hydrogen-bond acceptors (Lipinski definition) is 6. The number of esters is 1. The molecule has 1 unspecified atom stereocenters. The van der Waals surface area contributed by atoms with E-state index in [1.807, 2.05) is 60.7 Å². The zero-order chi connectivity index (χ0) is 31.8. The van der Waals surface area contributed by atoms with Gasteiger partial charge in [0.15, 0.2) is 0 Å². The summed E-state index contributed by atoms with van der Waals surface area (Å²) in [7, 11) is 0. The van der Waals surface area contributed by atoms with E-state index in [9.17, 15) is 14.7 Å². The number of halogens is 1. The van der Waals surface area contributed by atoms with Crippen LogP contribution in [0.5, 0.6) is 0 Å². The maximum atomic E-state index is 13.2. The van der Waals surface area contributed by atoms with Crippen LogP contribution in [0.25, 0.3) is 0 Å². The van der Waals surface area contributed by atoms with Crippen LogP contribution in [0.1, 0.15) is 69.6 Å². The van der Waals surface area contributed by atoms with E-state index in [2.05, 4.69) is 34.5 Å². The highest BCUT2D eigenvalue weighted by atomic mass is 35.5. The maximum Gasteiger partial charge on any atom is 0.308 e. The smallest absolute Gasteiger partial charge is 0.308 e. The number of nitrogens with zero attached hydrogens (tertiary/aromatic N) is 1. The van der Waals surface area contributed by atoms with E-state index in [4.69, 9.17) is 22.1 Å². The van der Waals surface area contributed by atoms with Gasteiger partial charge in [-0.1, -0.05) is 84.4 Å². The molecule has 3 aromatic rings. The predicted octanol–water partition coefficient (Wildman–Crippen LogP) is 5.57. The van der Waals surface area contributed by atoms with E-state index in [0.717, 1.165) is 49.2 Å². The number of piperidine rings is 1. The number of ether oxygens (including phenoxy) is 1. The molecule has 1 atom stereocenters. The zero-order valence-electron chi connectivity index (χ0n) is 26.1. The van der Waals surface area contributed by atoms with Gasteiger partial charge in [0.1, 0.15) is 5.60 Å². The lowest BCUT2D eigenvalue weighted by atomic mass is 9.71. The van der Waals surface area contributed by atoms with Crippen LogP contribution in [0.3, 0.4) is 0 Å². The summed E-state index contributed by atoms with van der Waals surface area (Å²) in [6.07, 6.45) is 2.78. The van der Waals surface area contributed by atoms with E-state index >= 15 is 0 Å². The Labute approximate surface area is 266 Å². The minimum absolute atomic E-state index is 0.190. The van der Waals surface area contributed by atoms with Crippen molar-refractivity contribution in [2.45, 2.75) is 75.5 Å². The lowest BCUT2D eigenvalue weighted by Crippen LogP contribution is -2.49. The molecule has 1 amide bonds. The summed E-state index contributed by atoms with van der Waals surface area (Å²) in [6, 6.07) is 27.0. The topological polar surface area (TPSA) is 105 Å². The molecule has 0 bridgehead atoms. The van der Waals surface area contributed by atoms with Gasteiger partial charge >= 0.3 is 5.97 Å². The third kappa shape index (κ3) is 8.91. The first-order valence-electron chi connectivity index (χ1n) is 15.5. The Balaban J connectivity index is 1.46. The van der Waals surface area contributed by atoms with Gasteiger partial charge in [-0.3, -0.25) is 9.59 Å². The lowest BCUT2D eigenvalue weighted by molar-refractivity contribution is -0.156. The Hall–Kier alpha value is -3.23. The molecule has 0 aliphatic carbocycles. The fourth-order valence-electron chi connectivity index (χ4n) is 6.09. The first-order valence-corrected chi connectivity index (χ1v) is 15.9. The average molecular weight is 620 g/mol. The molecule has 1 aliphatic heterocycles. The van der Waals surface area contributed by atoms with E-state index in [-0.39, 0.29) is 12.3 Å². The molecular weight excluding hydrogens is 574 g/mol. The highest BCUT2D eigenvalue weighted by Crippen LogP contribution is 2.38. The average Bonchev–Trinajstić information content (AvgIpc) is 3.00. The number of carbonyl (C=O) groups excluding carboxylic acids is 2. The van der Waals surface area contributed by atoms with Crippen molar-refractivity contribution < 1.29 is 19.4 Å². The molecule has 1 heterocycles. The molecule has 1 fully saturated rings. The quantitative estimate of drug-likeness (QED) is 0.229. The first kappa shape index (κ1) is 33.7. The number of likely N-dealkylation sites (tertiary alicyclic amines) is 1. The van der Waals surface area contributed by atoms with Crippen LogP contribution in [0.4, 0.5) is 0 Å². The number of nitrogens with two attached hydrogens (primary N) is 1. The van der Waals surface area contributed by atoms with Crippen molar-refractivity contribution in [2.75, 3.05) is 26.2 Å². The monoisotopic (exact) mass is 619 g/mol. The van der Waals surface area contributed by atoms with Gasteiger partial charge in [-0.15, -0.1) is 0 Å². The summed E-state index contributed by atoms with van der Waals surface area (Å²) in [6.45, 7) is 8.14. The molecule has 4 N–H and O–H groups in total. The van der Waals surface area contributed by atoms with Crippen LogP contribution >= 0.6 is 11.6 Å². The molecular formula is C36H46ClN3O4. The molecule has 44 heavy (non-hydrogen) atoms. The first-order chi connectivity index (χ1) is 20.9. The second-order valence-corrected chi connectivity index (χ2v) is 13.3. The summed E-state index contributed by atoms with van der Waals surface area (Å²) in [5.41, 5.74) is 7.27. The van der Waals surface area contributed by atoms with Crippen molar-refractivity contribution in [1.82, 2.24) is 10.2 Å². The number of nitrogens with one attached hydrogen (secondary N) is 1. The molecule has 0 radical (unpaired) electrons. The molecule has 0 aromatic heterocycles. The fourth-order valence-corrected chi connectivity index (χ4v) is 6.21. The molecule has 3 aromatic carbocycles. The zero-order valence-corrected chi connectivity index (χ0v) is 26.9. The Morgan fingerprint density at radius 1 is 0.955 bits per heavy atom. The molecule has 8 heteroatoms. The minimum atomic E-state index is -1.01. The second kappa shape index (κ2) is 14.7. The SMILES string of the molecule is CC(C)(C)OC(=O)CC(N)C(=O)NCC(CCCN1CCC(O)(c2ccc(Cl)cc2)CC1)(c1ccccc1)c1ccccc1. The largest absolute Gasteiger partial charge is 0.460 e. The Morgan fingerprint density at radius 3 is 2.02 bits per heavy atom. The van der Waals surface area contributed by atoms with E-state index < -0.39 is 28.6 Å². The van der Waals surface area contributed by atoms with Gasteiger partial charge in [0.2, 0.25) is 5.91 Å². The number of aliphatic hydroxyl groups is 1. The second-order valence-electron chi connectivity index (χ2n) is 12.9. The lowest BCUT2D eigenvalue weighted by Gasteiger charge is -2.40. The number of rotatable bonds is 12. The van der Waals surface area contributed by atoms with Crippen molar-refractivity contribution in [3.8, 4) is 0 Å². The van der Waals surface area contributed by atoms with Gasteiger partial charge in [0.25, 0.3) is 0 Å². The van der Waals surface area contributed by atoms with Crippen molar-refractivity contribution in [1.29, 1.82) is 0 Å². The molecule has 0 spiro atoms. The number of carbonyl (C=O) groups is 2. The Kier molecular flexibility index (Phi) is 11.2. The molecule has 1 aliphatic rings. The van der Waals surface area contributed by atoms with E-state index in [1.165, 1.54) is 0 Å². The summed E-state index contributed by atoms with van der Waals surface area (Å²) in [4.78, 5) is 27.9. The highest BCUT2D eigenvalue weighted by Gasteiger charge is 2.37. The van der Waals surface area contributed by atoms with Crippen LogP contribution in [0.15, 0.2) is 84.9 Å². The van der Waals surface area contributed by atoms with Crippen LogP contribution in [0.2, 0.25) is 5.02 Å². The van der Waals surface area contributed by atoms with E-state index in [0.29, 0.717) is 24.4 Å². The molecule has 0 saturated carbocycles. The Bertz CT molecular complexity index is 1310. The number of benzene rings is 3. The van der Waals surface area contributed by atoms with Crippen LogP contribution in [0, 0.1) is 0 Å². The summed E-state index contributed by atoms with van der Waals surface area (Å²) < 4.78 is 5.37. The highest BCUT2D eigenvalue weighted by molar-refractivity contribution is 6.30. The molecule has 1 saturated heterocycles. The van der Waals surface area contributed by atoms with Crippen LogP contribution < -0.4 is 11.1 Å². The molecule has 236 valence electrons. The third-order valence-electron chi connectivity index (χ3n) is 8.50. The van der Waals surface area contributed by atoms with E-state index in [1.54, 1.807) is 20.8 Å². The number of amides is 1. The fraction of sp³-hybridized carbons (Fsp3) is 0.444. The predicted molar refractivity (Wildman–Crippen MR) is 175 cm³/mol. The van der Waals surface area contributed by atoms with Gasteiger partial charge in [-0.2, -0.15) is 0 Å².